The number of thiol groups is 1. The number of rotatable bonds is 12. The summed E-state index contributed by atoms with van der Waals surface area (Å²) in [6.07, 6.45) is 3.42. The number of hydrogen-bond donors (Lipinski definition) is 2. The number of hydrogen-bond acceptors (Lipinski definition) is 9. The van der Waals surface area contributed by atoms with Crippen LogP contribution in [-0.4, -0.2) is 73.6 Å². The largest absolute Gasteiger partial charge is 0.469 e. The highest BCUT2D eigenvalue weighted by molar-refractivity contribution is 7.81. The Kier molecular flexibility index (Phi) is 37.1. The zero-order valence-electron chi connectivity index (χ0n) is 22.0. The second-order valence-electron chi connectivity index (χ2n) is 6.86. The third-order valence-corrected chi connectivity index (χ3v) is 5.52. The van der Waals surface area contributed by atoms with Crippen molar-refractivity contribution >= 4 is 33.1 Å². The number of aliphatic hydroxyl groups excluding tert-OH is 1. The molecule has 10 heteroatoms. The second-order valence-corrected chi connectivity index (χ2v) is 8.63. The molecule has 0 aromatic heterocycles. The van der Waals surface area contributed by atoms with E-state index in [1.807, 2.05) is 6.92 Å². The highest BCUT2D eigenvalue weighted by Crippen LogP contribution is 2.45. The van der Waals surface area contributed by atoms with Crippen LogP contribution in [0.5, 0.6) is 0 Å². The maximum atomic E-state index is 9.96. The van der Waals surface area contributed by atoms with Crippen LogP contribution in [0.25, 0.3) is 0 Å². The van der Waals surface area contributed by atoms with E-state index in [0.29, 0.717) is 25.1 Å². The van der Waals surface area contributed by atoms with Gasteiger partial charge in [-0.1, -0.05) is 27.7 Å². The van der Waals surface area contributed by atoms with E-state index in [4.69, 9.17) is 14.2 Å². The molecule has 0 radical (unpaired) electrons. The van der Waals surface area contributed by atoms with E-state index >= 15 is 0 Å². The molecule has 196 valence electrons. The molecule has 0 rings (SSSR count). The highest BCUT2D eigenvalue weighted by atomic mass is 32.1. The van der Waals surface area contributed by atoms with E-state index < -0.39 is 8.53 Å². The van der Waals surface area contributed by atoms with Gasteiger partial charge in [-0.2, -0.15) is 12.6 Å². The number of carbonyl (C=O) groups is 2. The van der Waals surface area contributed by atoms with Crippen LogP contribution in [0, 0.1) is 0 Å². The minimum Gasteiger partial charge on any atom is -0.469 e. The lowest BCUT2D eigenvalue weighted by molar-refractivity contribution is -0.140. The van der Waals surface area contributed by atoms with Crippen LogP contribution in [0.1, 0.15) is 81.1 Å². The van der Waals surface area contributed by atoms with Gasteiger partial charge in [0.15, 0.2) is 0 Å². The van der Waals surface area contributed by atoms with Crippen molar-refractivity contribution in [2.75, 3.05) is 39.8 Å². The average Bonchev–Trinajstić information content (AvgIpc) is 2.79. The maximum Gasteiger partial charge on any atom is 0.315 e. The van der Waals surface area contributed by atoms with Gasteiger partial charge in [-0.3, -0.25) is 9.59 Å². The van der Waals surface area contributed by atoms with Crippen molar-refractivity contribution in [2.45, 2.75) is 93.2 Å². The fraction of sp³-hybridized carbons (Fsp3) is 0.909. The quantitative estimate of drug-likeness (QED) is 0.212. The summed E-state index contributed by atoms with van der Waals surface area (Å²) in [6.45, 7) is 18.6. The minimum absolute atomic E-state index is 0.157. The van der Waals surface area contributed by atoms with Crippen molar-refractivity contribution < 1.29 is 33.2 Å². The zero-order chi connectivity index (χ0) is 25.9. The Morgan fingerprint density at radius 3 is 1.34 bits per heavy atom. The summed E-state index contributed by atoms with van der Waals surface area (Å²) in [7, 11) is 1.83. The molecule has 32 heavy (non-hydrogen) atoms. The lowest BCUT2D eigenvalue weighted by Crippen LogP contribution is -2.33. The molecule has 0 saturated carbocycles. The average molecular weight is 504 g/mol. The molecule has 0 fully saturated rings. The Labute approximate surface area is 204 Å². The van der Waals surface area contributed by atoms with Crippen molar-refractivity contribution in [2.24, 2.45) is 0 Å². The van der Waals surface area contributed by atoms with Crippen molar-refractivity contribution in [3.8, 4) is 0 Å². The molecule has 0 amide bonds. The first-order chi connectivity index (χ1) is 15.1. The lowest BCUT2D eigenvalue weighted by Gasteiger charge is -2.35. The fourth-order valence-corrected chi connectivity index (χ4v) is 3.59. The van der Waals surface area contributed by atoms with Crippen LogP contribution in [0.2, 0.25) is 0 Å². The SMILES string of the molecule is CCC(=O)OC.CCCO.CCCOP(OCCC)N(C(C)C)C(C)C.COC(=O)CS. The monoisotopic (exact) mass is 503 g/mol. The Hall–Kier alpha value is -0.440. The summed E-state index contributed by atoms with van der Waals surface area (Å²) >= 11 is 3.62. The zero-order valence-corrected chi connectivity index (χ0v) is 23.8. The van der Waals surface area contributed by atoms with E-state index in [0.717, 1.165) is 32.5 Å². The highest BCUT2D eigenvalue weighted by Gasteiger charge is 2.26. The molecule has 0 aromatic carbocycles. The molecule has 0 unspecified atom stereocenters. The molecule has 0 atom stereocenters. The summed E-state index contributed by atoms with van der Waals surface area (Å²) in [6, 6.07) is 0.916. The molecule has 0 saturated heterocycles. The molecule has 0 aliphatic carbocycles. The summed E-state index contributed by atoms with van der Waals surface area (Å²) < 4.78 is 22.5. The van der Waals surface area contributed by atoms with Crippen LogP contribution in [0.4, 0.5) is 0 Å². The molecular formula is C22H50NO7PS. The molecule has 0 spiro atoms. The minimum atomic E-state index is -0.881. The van der Waals surface area contributed by atoms with Gasteiger partial charge in [0.1, 0.15) is 0 Å². The normalized spacial score (nSPS) is 10.0. The molecule has 0 aliphatic heterocycles. The first kappa shape index (κ1) is 38.8. The van der Waals surface area contributed by atoms with Crippen molar-refractivity contribution in [1.82, 2.24) is 4.67 Å². The van der Waals surface area contributed by atoms with Gasteiger partial charge in [0.2, 0.25) is 0 Å². The number of nitrogens with zero attached hydrogens (tertiary/aromatic N) is 1. The van der Waals surface area contributed by atoms with Gasteiger partial charge < -0.3 is 23.6 Å². The van der Waals surface area contributed by atoms with Gasteiger partial charge in [0, 0.05) is 25.1 Å². The van der Waals surface area contributed by atoms with Crippen LogP contribution < -0.4 is 0 Å². The molecule has 0 bridgehead atoms. The van der Waals surface area contributed by atoms with E-state index in [1.54, 1.807) is 6.92 Å². The lowest BCUT2D eigenvalue weighted by atomic mass is 10.3. The third-order valence-electron chi connectivity index (χ3n) is 3.16. The Morgan fingerprint density at radius 1 is 0.844 bits per heavy atom. The van der Waals surface area contributed by atoms with Gasteiger partial charge >= 0.3 is 11.9 Å². The molecule has 8 nitrogen and oxygen atoms in total. The number of aliphatic hydroxyl groups is 1. The van der Waals surface area contributed by atoms with Gasteiger partial charge in [-0.25, -0.2) is 4.67 Å². The second kappa shape index (κ2) is 30.6. The third kappa shape index (κ3) is 29.6. The van der Waals surface area contributed by atoms with E-state index in [-0.39, 0.29) is 17.7 Å². The Bertz CT molecular complexity index is 356. The van der Waals surface area contributed by atoms with Crippen molar-refractivity contribution in [3.05, 3.63) is 0 Å². The summed E-state index contributed by atoms with van der Waals surface area (Å²) in [5.74, 6) is -0.287. The van der Waals surface area contributed by atoms with Crippen molar-refractivity contribution in [1.29, 1.82) is 0 Å². The van der Waals surface area contributed by atoms with Gasteiger partial charge in [0.25, 0.3) is 8.53 Å². The molecule has 0 heterocycles. The predicted octanol–water partition coefficient (Wildman–Crippen LogP) is 5.23. The molecule has 0 aromatic rings. The number of ether oxygens (including phenoxy) is 2. The fourth-order valence-electron chi connectivity index (χ4n) is 1.69. The van der Waals surface area contributed by atoms with Gasteiger partial charge in [-0.05, 0) is 47.0 Å². The topological polar surface area (TPSA) is 94.5 Å². The molecule has 0 aliphatic rings. The summed E-state index contributed by atoms with van der Waals surface area (Å²) in [5.41, 5.74) is 0. The van der Waals surface area contributed by atoms with Crippen LogP contribution in [-0.2, 0) is 28.1 Å². The van der Waals surface area contributed by atoms with E-state index in [2.05, 4.69) is 68.3 Å². The predicted molar refractivity (Wildman–Crippen MR) is 137 cm³/mol. The number of methoxy groups -OCH3 is 2. The Balaban J connectivity index is -0.000000200. The smallest absolute Gasteiger partial charge is 0.315 e. The summed E-state index contributed by atoms with van der Waals surface area (Å²) in [5, 5.41) is 7.88. The standard InChI is InChI=1S/C12H28NO2P.C4H8O2.C3H6O2S.C3H8O/c1-7-9-14-16(15-10-8-2)13(11(3)4)12(5)6;1-3-4(5)6-2;1-5-3(4)2-6;1-2-3-4/h11-12H,7-10H2,1-6H3;3H2,1-2H3;6H,2H2,1H3;4H,2-3H2,1H3. The van der Waals surface area contributed by atoms with Crippen LogP contribution in [0.15, 0.2) is 0 Å². The summed E-state index contributed by atoms with van der Waals surface area (Å²) in [4.78, 5) is 19.8. The van der Waals surface area contributed by atoms with Gasteiger partial charge in [-0.15, -0.1) is 0 Å². The first-order valence-corrected chi connectivity index (χ1v) is 13.0. The van der Waals surface area contributed by atoms with Crippen LogP contribution in [0.3, 0.4) is 0 Å². The molecular weight excluding hydrogens is 453 g/mol. The van der Waals surface area contributed by atoms with Crippen molar-refractivity contribution in [3.63, 3.8) is 0 Å². The first-order valence-electron chi connectivity index (χ1n) is 11.3. The van der Waals surface area contributed by atoms with E-state index in [9.17, 15) is 9.59 Å². The number of carbonyl (C=O) groups excluding carboxylic acids is 2. The van der Waals surface area contributed by atoms with Crippen LogP contribution >= 0.6 is 21.2 Å². The Morgan fingerprint density at radius 2 is 1.22 bits per heavy atom. The maximum absolute atomic E-state index is 9.96. The van der Waals surface area contributed by atoms with E-state index in [1.165, 1.54) is 14.2 Å². The number of esters is 2. The molecule has 1 N–H and O–H groups in total. The van der Waals surface area contributed by atoms with Gasteiger partial charge in [0.05, 0.1) is 33.2 Å².